The normalized spacial score (nSPS) is 17.0. The van der Waals surface area contributed by atoms with Gasteiger partial charge in [0.05, 0.1) is 6.42 Å². The summed E-state index contributed by atoms with van der Waals surface area (Å²) in [5.74, 6) is 0.0501. The second-order valence-electron chi connectivity index (χ2n) is 6.44. The summed E-state index contributed by atoms with van der Waals surface area (Å²) in [7, 11) is 0. The van der Waals surface area contributed by atoms with Crippen molar-refractivity contribution in [3.63, 3.8) is 0 Å². The molecule has 6 heteroatoms. The SMILES string of the molecule is O=C(O)CC1(Cn2c(-c3ccccc3)n[nH]c2=S)CCCCC1. The molecular formula is C17H21N3O2S. The average molecular weight is 331 g/mol. The topological polar surface area (TPSA) is 70.9 Å². The van der Waals surface area contributed by atoms with Crippen molar-refractivity contribution in [2.75, 3.05) is 0 Å². The van der Waals surface area contributed by atoms with Crippen LogP contribution in [0.3, 0.4) is 0 Å². The highest BCUT2D eigenvalue weighted by Gasteiger charge is 2.35. The Bertz CT molecular complexity index is 730. The quantitative estimate of drug-likeness (QED) is 0.811. The Labute approximate surface area is 140 Å². The lowest BCUT2D eigenvalue weighted by molar-refractivity contribution is -0.140. The summed E-state index contributed by atoms with van der Waals surface area (Å²) in [6.45, 7) is 0.610. The first kappa shape index (κ1) is 15.9. The van der Waals surface area contributed by atoms with Gasteiger partial charge in [-0.15, -0.1) is 0 Å². The maximum Gasteiger partial charge on any atom is 0.303 e. The minimum atomic E-state index is -0.733. The molecular weight excluding hydrogens is 310 g/mol. The van der Waals surface area contributed by atoms with Crippen molar-refractivity contribution >= 4 is 18.2 Å². The van der Waals surface area contributed by atoms with Crippen LogP contribution in [0, 0.1) is 10.2 Å². The number of hydrogen-bond acceptors (Lipinski definition) is 3. The van der Waals surface area contributed by atoms with Gasteiger partial charge in [0.15, 0.2) is 10.6 Å². The van der Waals surface area contributed by atoms with Crippen molar-refractivity contribution in [3.05, 3.63) is 35.1 Å². The highest BCUT2D eigenvalue weighted by atomic mass is 32.1. The number of benzene rings is 1. The molecule has 0 spiro atoms. The standard InChI is InChI=1S/C17H21N3O2S/c21-14(22)11-17(9-5-2-6-10-17)12-20-15(18-19-16(20)23)13-7-3-1-4-8-13/h1,3-4,7-8H,2,5-6,9-12H2,(H,19,23)(H,21,22). The molecule has 1 saturated carbocycles. The molecule has 2 aromatic rings. The van der Waals surface area contributed by atoms with Gasteiger partial charge in [0.2, 0.25) is 0 Å². The second-order valence-corrected chi connectivity index (χ2v) is 6.82. The van der Waals surface area contributed by atoms with Gasteiger partial charge < -0.3 is 5.11 Å². The molecule has 1 aromatic heterocycles. The summed E-state index contributed by atoms with van der Waals surface area (Å²) in [5, 5.41) is 16.6. The van der Waals surface area contributed by atoms with Crippen molar-refractivity contribution in [3.8, 4) is 11.4 Å². The van der Waals surface area contributed by atoms with Crippen LogP contribution < -0.4 is 0 Å². The number of carboxylic acid groups (broad SMARTS) is 1. The van der Waals surface area contributed by atoms with Crippen LogP contribution in [0.5, 0.6) is 0 Å². The summed E-state index contributed by atoms with van der Waals surface area (Å²) >= 11 is 5.40. The largest absolute Gasteiger partial charge is 0.481 e. The molecule has 23 heavy (non-hydrogen) atoms. The lowest BCUT2D eigenvalue weighted by Crippen LogP contribution is -2.32. The van der Waals surface area contributed by atoms with Gasteiger partial charge in [-0.05, 0) is 30.5 Å². The van der Waals surface area contributed by atoms with Crippen molar-refractivity contribution < 1.29 is 9.90 Å². The van der Waals surface area contributed by atoms with E-state index in [4.69, 9.17) is 12.2 Å². The molecule has 0 saturated heterocycles. The number of rotatable bonds is 5. The maximum absolute atomic E-state index is 11.4. The average Bonchev–Trinajstić information content (AvgIpc) is 2.89. The molecule has 1 fully saturated rings. The monoisotopic (exact) mass is 331 g/mol. The Morgan fingerprint density at radius 2 is 1.96 bits per heavy atom. The van der Waals surface area contributed by atoms with E-state index in [2.05, 4.69) is 10.2 Å². The number of aromatic nitrogens is 3. The smallest absolute Gasteiger partial charge is 0.303 e. The van der Waals surface area contributed by atoms with Crippen LogP contribution in [0.25, 0.3) is 11.4 Å². The molecule has 1 aliphatic rings. The number of aliphatic carboxylic acids is 1. The highest BCUT2D eigenvalue weighted by molar-refractivity contribution is 7.71. The van der Waals surface area contributed by atoms with Crippen molar-refractivity contribution in [1.29, 1.82) is 0 Å². The summed E-state index contributed by atoms with van der Waals surface area (Å²) in [6, 6.07) is 9.87. The van der Waals surface area contributed by atoms with Gasteiger partial charge in [0.25, 0.3) is 0 Å². The molecule has 0 radical (unpaired) electrons. The van der Waals surface area contributed by atoms with Crippen LogP contribution in [0.1, 0.15) is 38.5 Å². The lowest BCUT2D eigenvalue weighted by atomic mass is 9.71. The van der Waals surface area contributed by atoms with E-state index in [0.717, 1.165) is 37.1 Å². The Hall–Kier alpha value is -1.95. The fraction of sp³-hybridized carbons (Fsp3) is 0.471. The predicted octanol–water partition coefficient (Wildman–Crippen LogP) is 4.03. The molecule has 0 atom stereocenters. The van der Waals surface area contributed by atoms with Gasteiger partial charge >= 0.3 is 5.97 Å². The highest BCUT2D eigenvalue weighted by Crippen LogP contribution is 2.41. The lowest BCUT2D eigenvalue weighted by Gasteiger charge is -2.36. The number of carboxylic acids is 1. The van der Waals surface area contributed by atoms with E-state index < -0.39 is 5.97 Å². The second kappa shape index (κ2) is 6.66. The van der Waals surface area contributed by atoms with Gasteiger partial charge in [-0.3, -0.25) is 14.5 Å². The zero-order chi connectivity index (χ0) is 16.3. The molecule has 0 aliphatic heterocycles. The Morgan fingerprint density at radius 3 is 2.61 bits per heavy atom. The molecule has 1 aliphatic carbocycles. The summed E-state index contributed by atoms with van der Waals surface area (Å²) in [5.41, 5.74) is 0.761. The van der Waals surface area contributed by atoms with Crippen LogP contribution in [-0.2, 0) is 11.3 Å². The molecule has 2 N–H and O–H groups in total. The van der Waals surface area contributed by atoms with E-state index in [0.29, 0.717) is 11.3 Å². The van der Waals surface area contributed by atoms with Crippen LogP contribution in [0.15, 0.2) is 30.3 Å². The zero-order valence-electron chi connectivity index (χ0n) is 13.0. The van der Waals surface area contributed by atoms with Gasteiger partial charge in [-0.2, -0.15) is 5.10 Å². The van der Waals surface area contributed by atoms with Gasteiger partial charge in [0.1, 0.15) is 0 Å². The number of H-pyrrole nitrogens is 1. The van der Waals surface area contributed by atoms with E-state index in [1.165, 1.54) is 6.42 Å². The number of aromatic amines is 1. The first-order chi connectivity index (χ1) is 11.1. The fourth-order valence-electron chi connectivity index (χ4n) is 3.62. The molecule has 3 rings (SSSR count). The minimum absolute atomic E-state index is 0.189. The number of hydrogen-bond donors (Lipinski definition) is 2. The number of nitrogens with zero attached hydrogens (tertiary/aromatic N) is 2. The Balaban J connectivity index is 1.96. The van der Waals surface area contributed by atoms with E-state index in [9.17, 15) is 9.90 Å². The first-order valence-electron chi connectivity index (χ1n) is 8.02. The van der Waals surface area contributed by atoms with E-state index in [-0.39, 0.29) is 11.8 Å². The number of carbonyl (C=O) groups is 1. The van der Waals surface area contributed by atoms with Crippen molar-refractivity contribution in [2.45, 2.75) is 45.1 Å². The van der Waals surface area contributed by atoms with Gasteiger partial charge in [-0.25, -0.2) is 0 Å². The Morgan fingerprint density at radius 1 is 1.26 bits per heavy atom. The molecule has 1 heterocycles. The first-order valence-corrected chi connectivity index (χ1v) is 8.43. The third-order valence-corrected chi connectivity index (χ3v) is 5.04. The fourth-order valence-corrected chi connectivity index (χ4v) is 3.82. The summed E-state index contributed by atoms with van der Waals surface area (Å²) in [4.78, 5) is 11.4. The van der Waals surface area contributed by atoms with E-state index in [1.54, 1.807) is 0 Å². The van der Waals surface area contributed by atoms with Gasteiger partial charge in [0, 0.05) is 12.1 Å². The molecule has 0 bridgehead atoms. The molecule has 0 amide bonds. The molecule has 122 valence electrons. The van der Waals surface area contributed by atoms with E-state index >= 15 is 0 Å². The van der Waals surface area contributed by atoms with Crippen molar-refractivity contribution in [2.24, 2.45) is 5.41 Å². The Kier molecular flexibility index (Phi) is 4.61. The predicted molar refractivity (Wildman–Crippen MR) is 90.6 cm³/mol. The summed E-state index contributed by atoms with van der Waals surface area (Å²) < 4.78 is 2.53. The molecule has 5 nitrogen and oxygen atoms in total. The van der Waals surface area contributed by atoms with Crippen molar-refractivity contribution in [1.82, 2.24) is 14.8 Å². The third kappa shape index (κ3) is 3.52. The van der Waals surface area contributed by atoms with E-state index in [1.807, 2.05) is 34.9 Å². The zero-order valence-corrected chi connectivity index (χ0v) is 13.8. The van der Waals surface area contributed by atoms with Crippen LogP contribution in [0.2, 0.25) is 0 Å². The van der Waals surface area contributed by atoms with Gasteiger partial charge in [-0.1, -0.05) is 49.6 Å². The maximum atomic E-state index is 11.4. The third-order valence-electron chi connectivity index (χ3n) is 4.72. The minimum Gasteiger partial charge on any atom is -0.481 e. The van der Waals surface area contributed by atoms with Crippen LogP contribution in [0.4, 0.5) is 0 Å². The number of nitrogens with one attached hydrogen (secondary N) is 1. The summed E-state index contributed by atoms with van der Waals surface area (Å²) in [6.07, 6.45) is 5.40. The molecule has 1 aromatic carbocycles. The van der Waals surface area contributed by atoms with Crippen LogP contribution in [-0.4, -0.2) is 25.8 Å². The molecule has 0 unspecified atom stereocenters. The van der Waals surface area contributed by atoms with Crippen LogP contribution >= 0.6 is 12.2 Å².